The summed E-state index contributed by atoms with van der Waals surface area (Å²) in [7, 11) is 0. The average molecular weight is 715 g/mol. The molecule has 4 aromatic carbocycles. The lowest BCUT2D eigenvalue weighted by atomic mass is 9.83. The van der Waals surface area contributed by atoms with Crippen LogP contribution in [0.25, 0.3) is 0 Å². The molecule has 0 saturated carbocycles. The maximum atomic E-state index is 12.2. The van der Waals surface area contributed by atoms with Gasteiger partial charge in [-0.1, -0.05) is 97.8 Å². The van der Waals surface area contributed by atoms with Gasteiger partial charge in [0, 0.05) is 66.8 Å². The fourth-order valence-electron chi connectivity index (χ4n) is 5.60. The Morgan fingerprint density at radius 3 is 0.648 bits per heavy atom. The number of carbonyl (C=O) groups excluding carboxylic acids is 6. The van der Waals surface area contributed by atoms with E-state index in [4.69, 9.17) is 0 Å². The Kier molecular flexibility index (Phi) is 12.0. The zero-order valence-corrected chi connectivity index (χ0v) is 32.1. The maximum absolute atomic E-state index is 12.2. The quantitative estimate of drug-likeness (QED) is 0.146. The summed E-state index contributed by atoms with van der Waals surface area (Å²) in [6, 6.07) is 15.4. The smallest absolute Gasteiger partial charge is 0.151 e. The standard InChI is InChI=1S/C48H42O6/c1-46(2,3)40-19-34(25-49)43(35(20-40)26-50)13-10-31-16-32(11-14-44-36(27-51)21-41(47(4,5)6)22-37(44)28-52)18-33(17-31)12-15-45-38(29-53)23-42(48(7,8)9)24-39(45)30-54/h16-30H,1-9H3. The van der Waals surface area contributed by atoms with E-state index in [1.807, 2.05) is 62.3 Å². The first kappa shape index (κ1) is 40.4. The molecule has 4 aromatic rings. The van der Waals surface area contributed by atoms with Crippen molar-refractivity contribution in [1.29, 1.82) is 0 Å². The summed E-state index contributed by atoms with van der Waals surface area (Å²) in [4.78, 5) is 73.1. The van der Waals surface area contributed by atoms with Crippen molar-refractivity contribution >= 4 is 37.7 Å². The van der Waals surface area contributed by atoms with Gasteiger partial charge in [-0.15, -0.1) is 0 Å². The fraction of sp³-hybridized carbons (Fsp3) is 0.250. The molecule has 4 rings (SSSR count). The molecule has 270 valence electrons. The SMILES string of the molecule is CC(C)(C)c1cc(C=O)c(C#Cc2cc(C#Cc3c(C=O)cc(C(C)(C)C)cc3C=O)cc(C#Cc3c(C=O)cc(C(C)(C)C)cc3C=O)c2)c(C=O)c1. The minimum Gasteiger partial charge on any atom is -0.298 e. The van der Waals surface area contributed by atoms with Gasteiger partial charge in [-0.05, 0) is 87.5 Å². The fourth-order valence-corrected chi connectivity index (χ4v) is 5.60. The molecule has 0 radical (unpaired) electrons. The van der Waals surface area contributed by atoms with E-state index in [9.17, 15) is 28.8 Å². The summed E-state index contributed by atoms with van der Waals surface area (Å²) < 4.78 is 0. The number of hydrogen-bond acceptors (Lipinski definition) is 6. The lowest BCUT2D eigenvalue weighted by Crippen LogP contribution is -2.13. The van der Waals surface area contributed by atoms with Crippen LogP contribution >= 0.6 is 0 Å². The Morgan fingerprint density at radius 2 is 0.500 bits per heavy atom. The number of benzene rings is 4. The highest BCUT2D eigenvalue weighted by Gasteiger charge is 2.20. The molecule has 0 atom stereocenters. The Morgan fingerprint density at radius 1 is 0.315 bits per heavy atom. The van der Waals surface area contributed by atoms with Crippen LogP contribution in [0.5, 0.6) is 0 Å². The zero-order chi connectivity index (χ0) is 40.0. The predicted octanol–water partition coefficient (Wildman–Crippen LogP) is 8.65. The van der Waals surface area contributed by atoms with Crippen molar-refractivity contribution in [3.05, 3.63) is 138 Å². The molecule has 0 aliphatic rings. The van der Waals surface area contributed by atoms with Crippen LogP contribution in [0, 0.1) is 35.5 Å². The van der Waals surface area contributed by atoms with Crippen molar-refractivity contribution in [3.8, 4) is 35.5 Å². The van der Waals surface area contributed by atoms with E-state index < -0.39 is 0 Å². The summed E-state index contributed by atoms with van der Waals surface area (Å²) in [6.45, 7) is 17.8. The molecule has 0 saturated heterocycles. The number of rotatable bonds is 6. The molecule has 0 aromatic heterocycles. The molecule has 0 bridgehead atoms. The van der Waals surface area contributed by atoms with E-state index in [0.29, 0.717) is 54.4 Å². The molecule has 0 N–H and O–H groups in total. The van der Waals surface area contributed by atoms with E-state index in [-0.39, 0.29) is 66.3 Å². The van der Waals surface area contributed by atoms with Crippen molar-refractivity contribution < 1.29 is 28.8 Å². The Labute approximate surface area is 317 Å². The third kappa shape index (κ3) is 9.32. The van der Waals surface area contributed by atoms with Crippen LogP contribution in [0.2, 0.25) is 0 Å². The third-order valence-corrected chi connectivity index (χ3v) is 8.89. The molecule has 0 spiro atoms. The van der Waals surface area contributed by atoms with Gasteiger partial charge in [0.05, 0.1) is 0 Å². The van der Waals surface area contributed by atoms with E-state index in [1.165, 1.54) is 0 Å². The molecule has 54 heavy (non-hydrogen) atoms. The summed E-state index contributed by atoms with van der Waals surface area (Å²) in [5.41, 5.74) is 5.24. The Bertz CT molecular complexity index is 2030. The van der Waals surface area contributed by atoms with Crippen molar-refractivity contribution in [2.45, 2.75) is 78.6 Å². The van der Waals surface area contributed by atoms with Crippen LogP contribution in [0.4, 0.5) is 0 Å². The van der Waals surface area contributed by atoms with Crippen LogP contribution in [0.15, 0.2) is 54.6 Å². The minimum atomic E-state index is -0.316. The van der Waals surface area contributed by atoms with Gasteiger partial charge in [0.1, 0.15) is 0 Å². The Balaban J connectivity index is 1.98. The van der Waals surface area contributed by atoms with Crippen LogP contribution in [0.3, 0.4) is 0 Å². The van der Waals surface area contributed by atoms with E-state index in [1.54, 1.807) is 54.6 Å². The van der Waals surface area contributed by atoms with Gasteiger partial charge >= 0.3 is 0 Å². The van der Waals surface area contributed by atoms with Gasteiger partial charge < -0.3 is 0 Å². The molecular weight excluding hydrogens is 673 g/mol. The van der Waals surface area contributed by atoms with Crippen molar-refractivity contribution in [2.75, 3.05) is 0 Å². The lowest BCUT2D eigenvalue weighted by molar-refractivity contribution is 0.110. The van der Waals surface area contributed by atoms with Crippen molar-refractivity contribution in [2.24, 2.45) is 0 Å². The topological polar surface area (TPSA) is 102 Å². The summed E-state index contributed by atoms with van der Waals surface area (Å²) in [6.07, 6.45) is 4.03. The largest absolute Gasteiger partial charge is 0.298 e. The first-order chi connectivity index (χ1) is 25.4. The third-order valence-electron chi connectivity index (χ3n) is 8.89. The van der Waals surface area contributed by atoms with Gasteiger partial charge in [0.15, 0.2) is 37.7 Å². The molecular formula is C48H42O6. The van der Waals surface area contributed by atoms with E-state index in [2.05, 4.69) is 35.5 Å². The maximum Gasteiger partial charge on any atom is 0.151 e. The van der Waals surface area contributed by atoms with Crippen molar-refractivity contribution in [1.82, 2.24) is 0 Å². The van der Waals surface area contributed by atoms with Gasteiger partial charge in [-0.3, -0.25) is 28.8 Å². The van der Waals surface area contributed by atoms with Gasteiger partial charge in [-0.25, -0.2) is 0 Å². The highest BCUT2D eigenvalue weighted by Crippen LogP contribution is 2.29. The molecule has 0 unspecified atom stereocenters. The number of hydrogen-bond donors (Lipinski definition) is 0. The van der Waals surface area contributed by atoms with Crippen LogP contribution < -0.4 is 0 Å². The van der Waals surface area contributed by atoms with E-state index >= 15 is 0 Å². The number of carbonyl (C=O) groups is 6. The second kappa shape index (κ2) is 16.1. The molecule has 0 aliphatic heterocycles. The van der Waals surface area contributed by atoms with Crippen LogP contribution in [-0.2, 0) is 16.2 Å². The second-order valence-corrected chi connectivity index (χ2v) is 16.1. The summed E-state index contributed by atoms with van der Waals surface area (Å²) in [5.74, 6) is 18.2. The molecule has 6 nitrogen and oxygen atoms in total. The lowest BCUT2D eigenvalue weighted by Gasteiger charge is -2.20. The minimum absolute atomic E-state index is 0.271. The summed E-state index contributed by atoms with van der Waals surface area (Å²) >= 11 is 0. The zero-order valence-electron chi connectivity index (χ0n) is 32.1. The molecule has 0 aliphatic carbocycles. The molecule has 6 heteroatoms. The predicted molar refractivity (Wildman–Crippen MR) is 212 cm³/mol. The highest BCUT2D eigenvalue weighted by atomic mass is 16.1. The second-order valence-electron chi connectivity index (χ2n) is 16.1. The molecule has 0 amide bonds. The van der Waals surface area contributed by atoms with Gasteiger partial charge in [0.25, 0.3) is 0 Å². The first-order valence-electron chi connectivity index (χ1n) is 17.3. The van der Waals surface area contributed by atoms with Gasteiger partial charge in [-0.2, -0.15) is 0 Å². The normalized spacial score (nSPS) is 11.1. The molecule has 0 fully saturated rings. The highest BCUT2D eigenvalue weighted by molar-refractivity contribution is 5.91. The average Bonchev–Trinajstić information content (AvgIpc) is 3.12. The van der Waals surface area contributed by atoms with Crippen molar-refractivity contribution in [3.63, 3.8) is 0 Å². The Hall–Kier alpha value is -6.42. The molecule has 0 heterocycles. The summed E-state index contributed by atoms with van der Waals surface area (Å²) in [5, 5.41) is 0. The van der Waals surface area contributed by atoms with Crippen LogP contribution in [-0.4, -0.2) is 37.7 Å². The van der Waals surface area contributed by atoms with Crippen LogP contribution in [0.1, 0.15) is 175 Å². The first-order valence-corrected chi connectivity index (χ1v) is 17.3. The number of aldehydes is 6. The monoisotopic (exact) mass is 714 g/mol. The van der Waals surface area contributed by atoms with E-state index in [0.717, 1.165) is 16.7 Å². The van der Waals surface area contributed by atoms with Gasteiger partial charge in [0.2, 0.25) is 0 Å².